The third-order valence-electron chi connectivity index (χ3n) is 3.29. The zero-order chi connectivity index (χ0) is 12.6. The number of thioether (sulfide) groups is 1. The molecule has 2 unspecified atom stereocenters. The fourth-order valence-corrected chi connectivity index (χ4v) is 3.19. The second-order valence-electron chi connectivity index (χ2n) is 4.70. The van der Waals surface area contributed by atoms with Gasteiger partial charge in [0.05, 0.1) is 6.10 Å². The maximum absolute atomic E-state index is 5.64. The standard InChI is InChI=1S/C14H22N2OS/c15-16-12(8-9-13-5-4-10-17-13)11-18-14-6-2-1-3-7-14/h1-3,6-7,12-13,16H,4-5,8-11,15H2. The molecule has 0 aromatic heterocycles. The molecule has 0 aliphatic carbocycles. The van der Waals surface area contributed by atoms with Crippen LogP contribution in [0.3, 0.4) is 0 Å². The summed E-state index contributed by atoms with van der Waals surface area (Å²) in [4.78, 5) is 1.30. The lowest BCUT2D eigenvalue weighted by atomic mass is 10.1. The van der Waals surface area contributed by atoms with Crippen molar-refractivity contribution in [2.24, 2.45) is 5.84 Å². The van der Waals surface area contributed by atoms with Gasteiger partial charge in [0.2, 0.25) is 0 Å². The molecule has 4 heteroatoms. The lowest BCUT2D eigenvalue weighted by Crippen LogP contribution is -2.37. The van der Waals surface area contributed by atoms with Crippen molar-refractivity contribution in [1.29, 1.82) is 0 Å². The van der Waals surface area contributed by atoms with Crippen LogP contribution in [0.2, 0.25) is 0 Å². The van der Waals surface area contributed by atoms with E-state index in [2.05, 4.69) is 29.7 Å². The average molecular weight is 266 g/mol. The highest BCUT2D eigenvalue weighted by Crippen LogP contribution is 2.21. The van der Waals surface area contributed by atoms with Crippen LogP contribution in [0.1, 0.15) is 25.7 Å². The molecule has 2 atom stereocenters. The quantitative estimate of drug-likeness (QED) is 0.452. The van der Waals surface area contributed by atoms with E-state index >= 15 is 0 Å². The van der Waals surface area contributed by atoms with Crippen LogP contribution in [0.25, 0.3) is 0 Å². The molecular weight excluding hydrogens is 244 g/mol. The lowest BCUT2D eigenvalue weighted by Gasteiger charge is -2.17. The minimum Gasteiger partial charge on any atom is -0.378 e. The van der Waals surface area contributed by atoms with Crippen LogP contribution in [0.5, 0.6) is 0 Å². The van der Waals surface area contributed by atoms with Crippen LogP contribution in [-0.4, -0.2) is 24.5 Å². The largest absolute Gasteiger partial charge is 0.378 e. The SMILES string of the molecule is NNC(CCC1CCCO1)CSc1ccccc1. The Morgan fingerprint density at radius 3 is 2.89 bits per heavy atom. The van der Waals surface area contributed by atoms with Gasteiger partial charge in [-0.15, -0.1) is 11.8 Å². The Morgan fingerprint density at radius 1 is 1.39 bits per heavy atom. The van der Waals surface area contributed by atoms with Crippen molar-refractivity contribution in [1.82, 2.24) is 5.43 Å². The van der Waals surface area contributed by atoms with E-state index in [-0.39, 0.29) is 0 Å². The number of hydrogen-bond donors (Lipinski definition) is 2. The molecule has 0 spiro atoms. The Morgan fingerprint density at radius 2 is 2.22 bits per heavy atom. The van der Waals surface area contributed by atoms with Crippen LogP contribution in [-0.2, 0) is 4.74 Å². The third-order valence-corrected chi connectivity index (χ3v) is 4.47. The number of hydrazine groups is 1. The number of nitrogens with one attached hydrogen (secondary N) is 1. The first-order valence-corrected chi connectivity index (χ1v) is 7.62. The van der Waals surface area contributed by atoms with Gasteiger partial charge in [-0.3, -0.25) is 11.3 Å². The average Bonchev–Trinajstić information content (AvgIpc) is 2.93. The maximum Gasteiger partial charge on any atom is 0.0576 e. The number of ether oxygens (including phenoxy) is 1. The third kappa shape index (κ3) is 4.61. The first-order valence-electron chi connectivity index (χ1n) is 6.64. The Labute approximate surface area is 113 Å². The van der Waals surface area contributed by atoms with Gasteiger partial charge in [-0.05, 0) is 37.8 Å². The van der Waals surface area contributed by atoms with Crippen molar-refractivity contribution in [3.8, 4) is 0 Å². The highest BCUT2D eigenvalue weighted by Gasteiger charge is 2.17. The lowest BCUT2D eigenvalue weighted by molar-refractivity contribution is 0.100. The summed E-state index contributed by atoms with van der Waals surface area (Å²) in [5, 5.41) is 0. The van der Waals surface area contributed by atoms with E-state index in [1.807, 2.05) is 17.8 Å². The molecule has 3 nitrogen and oxygen atoms in total. The molecule has 0 radical (unpaired) electrons. The van der Waals surface area contributed by atoms with Gasteiger partial charge in [0.25, 0.3) is 0 Å². The van der Waals surface area contributed by atoms with Crippen LogP contribution in [0.4, 0.5) is 0 Å². The number of benzene rings is 1. The zero-order valence-corrected chi connectivity index (χ0v) is 11.5. The number of nitrogens with two attached hydrogens (primary N) is 1. The Bertz CT molecular complexity index is 328. The highest BCUT2D eigenvalue weighted by atomic mass is 32.2. The van der Waals surface area contributed by atoms with Gasteiger partial charge in [0.15, 0.2) is 0 Å². The highest BCUT2D eigenvalue weighted by molar-refractivity contribution is 7.99. The van der Waals surface area contributed by atoms with Gasteiger partial charge >= 0.3 is 0 Å². The topological polar surface area (TPSA) is 47.3 Å². The Hall–Kier alpha value is -0.550. The monoisotopic (exact) mass is 266 g/mol. The van der Waals surface area contributed by atoms with E-state index in [0.29, 0.717) is 12.1 Å². The van der Waals surface area contributed by atoms with Crippen molar-refractivity contribution < 1.29 is 4.74 Å². The molecule has 1 aliphatic heterocycles. The summed E-state index contributed by atoms with van der Waals surface area (Å²) in [6.45, 7) is 0.935. The van der Waals surface area contributed by atoms with Gasteiger partial charge < -0.3 is 4.74 Å². The van der Waals surface area contributed by atoms with E-state index in [1.54, 1.807) is 0 Å². The molecule has 1 saturated heterocycles. The van der Waals surface area contributed by atoms with Crippen molar-refractivity contribution in [2.45, 2.75) is 42.7 Å². The molecule has 1 aromatic rings. The minimum atomic E-state index is 0.361. The van der Waals surface area contributed by atoms with E-state index in [9.17, 15) is 0 Å². The fraction of sp³-hybridized carbons (Fsp3) is 0.571. The van der Waals surface area contributed by atoms with Crippen LogP contribution in [0, 0.1) is 0 Å². The van der Waals surface area contributed by atoms with Crippen molar-refractivity contribution in [3.63, 3.8) is 0 Å². The molecule has 1 aliphatic rings. The Balaban J connectivity index is 1.68. The Kier molecular flexibility index (Phi) is 6.00. The van der Waals surface area contributed by atoms with Crippen LogP contribution < -0.4 is 11.3 Å². The fourth-order valence-electron chi connectivity index (χ4n) is 2.19. The number of rotatable bonds is 7. The minimum absolute atomic E-state index is 0.361. The second kappa shape index (κ2) is 7.79. The van der Waals surface area contributed by atoms with Gasteiger partial charge in [-0.2, -0.15) is 0 Å². The summed E-state index contributed by atoms with van der Waals surface area (Å²) in [6.07, 6.45) is 5.08. The smallest absolute Gasteiger partial charge is 0.0576 e. The summed E-state index contributed by atoms with van der Waals surface area (Å²) in [5.41, 5.74) is 2.92. The first-order chi connectivity index (χ1) is 8.88. The first kappa shape index (κ1) is 13.9. The van der Waals surface area contributed by atoms with Crippen molar-refractivity contribution >= 4 is 11.8 Å². The molecule has 18 heavy (non-hydrogen) atoms. The van der Waals surface area contributed by atoms with Gasteiger partial charge in [-0.25, -0.2) is 0 Å². The summed E-state index contributed by atoms with van der Waals surface area (Å²) in [5.74, 6) is 6.62. The predicted molar refractivity (Wildman–Crippen MR) is 76.5 cm³/mol. The molecule has 1 aromatic carbocycles. The van der Waals surface area contributed by atoms with E-state index in [4.69, 9.17) is 10.6 Å². The van der Waals surface area contributed by atoms with E-state index in [0.717, 1.165) is 25.2 Å². The molecule has 0 saturated carbocycles. The summed E-state index contributed by atoms with van der Waals surface area (Å²) in [7, 11) is 0. The molecule has 2 rings (SSSR count). The molecule has 0 amide bonds. The molecular formula is C14H22N2OS. The van der Waals surface area contributed by atoms with Gasteiger partial charge in [0, 0.05) is 23.3 Å². The molecule has 3 N–H and O–H groups in total. The normalized spacial score (nSPS) is 21.1. The summed E-state index contributed by atoms with van der Waals surface area (Å²) < 4.78 is 5.64. The predicted octanol–water partition coefficient (Wildman–Crippen LogP) is 2.57. The molecule has 1 heterocycles. The van der Waals surface area contributed by atoms with Crippen LogP contribution >= 0.6 is 11.8 Å². The second-order valence-corrected chi connectivity index (χ2v) is 5.79. The molecule has 0 bridgehead atoms. The van der Waals surface area contributed by atoms with Crippen molar-refractivity contribution in [2.75, 3.05) is 12.4 Å². The van der Waals surface area contributed by atoms with E-state index in [1.165, 1.54) is 17.7 Å². The maximum atomic E-state index is 5.64. The zero-order valence-electron chi connectivity index (χ0n) is 10.7. The summed E-state index contributed by atoms with van der Waals surface area (Å²) >= 11 is 1.85. The summed E-state index contributed by atoms with van der Waals surface area (Å²) in [6, 6.07) is 10.8. The molecule has 100 valence electrons. The molecule has 1 fully saturated rings. The van der Waals surface area contributed by atoms with Gasteiger partial charge in [-0.1, -0.05) is 18.2 Å². The van der Waals surface area contributed by atoms with Gasteiger partial charge in [0.1, 0.15) is 0 Å². The van der Waals surface area contributed by atoms with Crippen LogP contribution in [0.15, 0.2) is 35.2 Å². The van der Waals surface area contributed by atoms with E-state index < -0.39 is 0 Å². The number of hydrogen-bond acceptors (Lipinski definition) is 4. The van der Waals surface area contributed by atoms with Crippen molar-refractivity contribution in [3.05, 3.63) is 30.3 Å².